The maximum atomic E-state index is 12.1. The van der Waals surface area contributed by atoms with Gasteiger partial charge < -0.3 is 19.7 Å². The van der Waals surface area contributed by atoms with Crippen LogP contribution in [0.3, 0.4) is 0 Å². The topological polar surface area (TPSA) is 118 Å². The second-order valence-electron chi connectivity index (χ2n) is 5.56. The molecule has 2 aromatic rings. The van der Waals surface area contributed by atoms with E-state index in [1.54, 1.807) is 37.3 Å². The van der Waals surface area contributed by atoms with E-state index in [0.717, 1.165) is 0 Å². The molecule has 26 heavy (non-hydrogen) atoms. The summed E-state index contributed by atoms with van der Waals surface area (Å²) in [6.07, 6.45) is 3.00. The molecule has 2 aromatic heterocycles. The maximum absolute atomic E-state index is 12.1. The average Bonchev–Trinajstić information content (AvgIpc) is 2.61. The van der Waals surface area contributed by atoms with Gasteiger partial charge in [0.05, 0.1) is 31.1 Å². The summed E-state index contributed by atoms with van der Waals surface area (Å²) in [6.45, 7) is 1.10. The fourth-order valence-corrected chi connectivity index (χ4v) is 2.37. The van der Waals surface area contributed by atoms with Crippen LogP contribution in [0.25, 0.3) is 0 Å². The van der Waals surface area contributed by atoms with Gasteiger partial charge in [0.2, 0.25) is 5.82 Å². The van der Waals surface area contributed by atoms with Gasteiger partial charge in [-0.1, -0.05) is 0 Å². The van der Waals surface area contributed by atoms with Crippen LogP contribution in [0.1, 0.15) is 0 Å². The van der Waals surface area contributed by atoms with Gasteiger partial charge in [0, 0.05) is 32.5 Å². The van der Waals surface area contributed by atoms with Gasteiger partial charge >= 0.3 is 6.03 Å². The predicted octanol–water partition coefficient (Wildman–Crippen LogP) is 2.57. The number of hydrogen-bond acceptors (Lipinski definition) is 8. The first kappa shape index (κ1) is 17.5. The van der Waals surface area contributed by atoms with E-state index in [2.05, 4.69) is 25.8 Å². The van der Waals surface area contributed by atoms with E-state index in [9.17, 15) is 9.70 Å². The van der Waals surface area contributed by atoms with Crippen LogP contribution < -0.4 is 15.4 Å². The summed E-state index contributed by atoms with van der Waals surface area (Å²) in [4.78, 5) is 32.4. The number of nitrogens with zero attached hydrogens (tertiary/aromatic N) is 4. The molecule has 1 fully saturated rings. The molecular weight excluding hydrogens is 340 g/mol. The number of carbonyl (C=O) groups excluding carboxylic acids is 1. The fourth-order valence-electron chi connectivity index (χ4n) is 2.37. The van der Waals surface area contributed by atoms with E-state index in [0.29, 0.717) is 36.1 Å². The lowest BCUT2D eigenvalue weighted by atomic mass is 10.2. The standard InChI is InChI=1S/C16H18N6O4/c1-17-13-5-11(7-19-15(13)21-24)26-10-3-4-18-14(6-10)20-16(23)22-8-12(9-22)25-2/h3-7,12,17H,8-9H2,1-2H3,(H,18,20,23). The van der Waals surface area contributed by atoms with Crippen LogP contribution in [0.15, 0.2) is 35.8 Å². The van der Waals surface area contributed by atoms with Crippen LogP contribution in [-0.2, 0) is 4.74 Å². The minimum absolute atomic E-state index is 0.0476. The normalized spacial score (nSPS) is 13.7. The largest absolute Gasteiger partial charge is 0.455 e. The Bertz CT molecular complexity index is 809. The highest BCUT2D eigenvalue weighted by Crippen LogP contribution is 2.29. The molecule has 0 aromatic carbocycles. The van der Waals surface area contributed by atoms with Gasteiger partial charge in [-0.15, -0.1) is 4.91 Å². The Hall–Kier alpha value is -3.27. The first-order valence-corrected chi connectivity index (χ1v) is 7.86. The number of pyridine rings is 2. The third-order valence-corrected chi connectivity index (χ3v) is 3.87. The zero-order valence-electron chi connectivity index (χ0n) is 14.3. The molecule has 3 heterocycles. The second-order valence-corrected chi connectivity index (χ2v) is 5.56. The minimum atomic E-state index is -0.247. The third-order valence-electron chi connectivity index (χ3n) is 3.87. The number of ether oxygens (including phenoxy) is 2. The first-order valence-electron chi connectivity index (χ1n) is 7.86. The van der Waals surface area contributed by atoms with Crippen molar-refractivity contribution in [3.8, 4) is 11.5 Å². The lowest BCUT2D eigenvalue weighted by Crippen LogP contribution is -2.55. The van der Waals surface area contributed by atoms with Crippen molar-refractivity contribution in [2.45, 2.75) is 6.10 Å². The van der Waals surface area contributed by atoms with Crippen LogP contribution >= 0.6 is 0 Å². The lowest BCUT2D eigenvalue weighted by Gasteiger charge is -2.37. The van der Waals surface area contributed by atoms with Gasteiger partial charge in [0.15, 0.2) is 0 Å². The van der Waals surface area contributed by atoms with Crippen LogP contribution in [0.5, 0.6) is 11.5 Å². The SMILES string of the molecule is CNc1cc(Oc2ccnc(NC(=O)N3CC(OC)C3)c2)cnc1N=O. The van der Waals surface area contributed by atoms with Crippen molar-refractivity contribution in [2.24, 2.45) is 5.18 Å². The highest BCUT2D eigenvalue weighted by molar-refractivity contribution is 5.89. The molecule has 2 amide bonds. The van der Waals surface area contributed by atoms with E-state index < -0.39 is 0 Å². The Morgan fingerprint density at radius 2 is 2.12 bits per heavy atom. The Labute approximate surface area is 149 Å². The van der Waals surface area contributed by atoms with Crippen LogP contribution in [-0.4, -0.2) is 54.2 Å². The lowest BCUT2D eigenvalue weighted by molar-refractivity contribution is -0.00467. The number of anilines is 2. The molecule has 0 atom stereocenters. The maximum Gasteiger partial charge on any atom is 0.323 e. The van der Waals surface area contributed by atoms with Crippen molar-refractivity contribution in [1.29, 1.82) is 0 Å². The molecule has 136 valence electrons. The summed E-state index contributed by atoms with van der Waals surface area (Å²) in [5.41, 5.74) is 0.450. The number of urea groups is 1. The van der Waals surface area contributed by atoms with Crippen LogP contribution in [0.2, 0.25) is 0 Å². The quantitative estimate of drug-likeness (QED) is 0.762. The molecule has 3 rings (SSSR count). The molecule has 0 bridgehead atoms. The highest BCUT2D eigenvalue weighted by atomic mass is 16.5. The molecule has 0 unspecified atom stereocenters. The monoisotopic (exact) mass is 358 g/mol. The third kappa shape index (κ3) is 3.86. The van der Waals surface area contributed by atoms with Gasteiger partial charge in [-0.2, -0.15) is 0 Å². The molecule has 1 aliphatic rings. The van der Waals surface area contributed by atoms with E-state index in [1.165, 1.54) is 12.4 Å². The average molecular weight is 358 g/mol. The Morgan fingerprint density at radius 1 is 1.31 bits per heavy atom. The second kappa shape index (κ2) is 7.74. The predicted molar refractivity (Wildman–Crippen MR) is 94.9 cm³/mol. The summed E-state index contributed by atoms with van der Waals surface area (Å²) in [5.74, 6) is 1.29. The number of methoxy groups -OCH3 is 1. The Kier molecular flexibility index (Phi) is 5.23. The summed E-state index contributed by atoms with van der Waals surface area (Å²) < 4.78 is 10.8. The number of hydrogen-bond donors (Lipinski definition) is 2. The summed E-state index contributed by atoms with van der Waals surface area (Å²) in [6, 6.07) is 4.60. The van der Waals surface area contributed by atoms with E-state index in [4.69, 9.17) is 9.47 Å². The zero-order chi connectivity index (χ0) is 18.5. The van der Waals surface area contributed by atoms with Crippen molar-refractivity contribution in [2.75, 3.05) is 37.9 Å². The summed E-state index contributed by atoms with van der Waals surface area (Å²) in [7, 11) is 3.27. The van der Waals surface area contributed by atoms with Gasteiger partial charge in [0.1, 0.15) is 17.3 Å². The van der Waals surface area contributed by atoms with Gasteiger partial charge in [0.25, 0.3) is 0 Å². The molecule has 0 radical (unpaired) electrons. The molecule has 0 spiro atoms. The summed E-state index contributed by atoms with van der Waals surface area (Å²) in [5, 5.41) is 8.36. The highest BCUT2D eigenvalue weighted by Gasteiger charge is 2.30. The zero-order valence-corrected chi connectivity index (χ0v) is 14.3. The molecule has 0 saturated carbocycles. The van der Waals surface area contributed by atoms with E-state index in [-0.39, 0.29) is 18.0 Å². The van der Waals surface area contributed by atoms with Gasteiger partial charge in [-0.3, -0.25) is 5.32 Å². The molecular formula is C16H18N6O4. The van der Waals surface area contributed by atoms with Crippen molar-refractivity contribution >= 4 is 23.4 Å². The smallest absolute Gasteiger partial charge is 0.323 e. The van der Waals surface area contributed by atoms with Gasteiger partial charge in [-0.25, -0.2) is 14.8 Å². The number of aromatic nitrogens is 2. The number of amides is 2. The molecule has 1 aliphatic heterocycles. The minimum Gasteiger partial charge on any atom is -0.455 e. The van der Waals surface area contributed by atoms with E-state index in [1.807, 2.05) is 0 Å². The summed E-state index contributed by atoms with van der Waals surface area (Å²) >= 11 is 0. The number of nitrogens with one attached hydrogen (secondary N) is 2. The first-order chi connectivity index (χ1) is 12.6. The van der Waals surface area contributed by atoms with Crippen molar-refractivity contribution in [3.05, 3.63) is 35.5 Å². The Morgan fingerprint density at radius 3 is 2.81 bits per heavy atom. The number of carbonyl (C=O) groups is 1. The van der Waals surface area contributed by atoms with Crippen molar-refractivity contribution < 1.29 is 14.3 Å². The molecule has 2 N–H and O–H groups in total. The Balaban J connectivity index is 1.66. The fraction of sp³-hybridized carbons (Fsp3) is 0.312. The molecule has 0 aliphatic carbocycles. The number of rotatable bonds is 6. The molecule has 1 saturated heterocycles. The van der Waals surface area contributed by atoms with Crippen molar-refractivity contribution in [3.63, 3.8) is 0 Å². The van der Waals surface area contributed by atoms with Crippen LogP contribution in [0, 0.1) is 4.91 Å². The van der Waals surface area contributed by atoms with Crippen molar-refractivity contribution in [1.82, 2.24) is 14.9 Å². The molecule has 10 heteroatoms. The van der Waals surface area contributed by atoms with E-state index >= 15 is 0 Å². The van der Waals surface area contributed by atoms with Crippen LogP contribution in [0.4, 0.5) is 22.1 Å². The number of likely N-dealkylation sites (tertiary alicyclic amines) is 1. The number of nitroso groups, excluding NO2 is 1. The van der Waals surface area contributed by atoms with Gasteiger partial charge in [-0.05, 0) is 11.2 Å². The molecule has 10 nitrogen and oxygen atoms in total.